The number of halogens is 1. The molecule has 0 radical (unpaired) electrons. The molecule has 0 saturated carbocycles. The molecular formula is C19H26FN3. The van der Waals surface area contributed by atoms with Crippen LogP contribution < -0.4 is 5.32 Å². The van der Waals surface area contributed by atoms with Crippen LogP contribution in [0.15, 0.2) is 30.3 Å². The first kappa shape index (κ1) is 16.3. The molecule has 1 N–H and O–H groups in total. The molecule has 2 heterocycles. The van der Waals surface area contributed by atoms with Gasteiger partial charge in [0, 0.05) is 30.6 Å². The third-order valence-corrected chi connectivity index (χ3v) is 4.78. The van der Waals surface area contributed by atoms with Gasteiger partial charge in [0.1, 0.15) is 5.82 Å². The third kappa shape index (κ3) is 3.38. The van der Waals surface area contributed by atoms with Gasteiger partial charge in [0.05, 0.1) is 17.3 Å². The summed E-state index contributed by atoms with van der Waals surface area (Å²) in [7, 11) is 0. The van der Waals surface area contributed by atoms with Crippen molar-refractivity contribution in [2.75, 3.05) is 13.1 Å². The number of hydrogen-bond donors (Lipinski definition) is 1. The van der Waals surface area contributed by atoms with Gasteiger partial charge in [-0.3, -0.25) is 9.88 Å². The fraction of sp³-hybridized carbons (Fsp3) is 0.526. The molecule has 0 aliphatic carbocycles. The topological polar surface area (TPSA) is 28.2 Å². The van der Waals surface area contributed by atoms with E-state index in [2.05, 4.69) is 44.0 Å². The molecular weight excluding hydrogens is 289 g/mol. The van der Waals surface area contributed by atoms with Crippen LogP contribution in [0, 0.1) is 11.7 Å². The second-order valence-electron chi connectivity index (χ2n) is 7.12. The highest BCUT2D eigenvalue weighted by atomic mass is 19.1. The molecule has 1 aliphatic rings. The van der Waals surface area contributed by atoms with E-state index in [0.717, 1.165) is 29.7 Å². The minimum atomic E-state index is -0.211. The Hall–Kier alpha value is -1.52. The van der Waals surface area contributed by atoms with Gasteiger partial charge in [-0.2, -0.15) is 0 Å². The smallest absolute Gasteiger partial charge is 0.123 e. The van der Waals surface area contributed by atoms with E-state index in [1.54, 1.807) is 12.1 Å². The lowest BCUT2D eigenvalue weighted by atomic mass is 9.94. The maximum Gasteiger partial charge on any atom is 0.123 e. The van der Waals surface area contributed by atoms with Crippen molar-refractivity contribution in [3.63, 3.8) is 0 Å². The predicted octanol–water partition coefficient (Wildman–Crippen LogP) is 3.75. The van der Waals surface area contributed by atoms with Crippen molar-refractivity contribution in [3.8, 4) is 0 Å². The molecule has 3 rings (SSSR count). The quantitative estimate of drug-likeness (QED) is 0.935. The Morgan fingerprint density at radius 2 is 2.00 bits per heavy atom. The minimum absolute atomic E-state index is 0.211. The molecule has 0 bridgehead atoms. The van der Waals surface area contributed by atoms with E-state index in [-0.39, 0.29) is 11.9 Å². The summed E-state index contributed by atoms with van der Waals surface area (Å²) in [5, 5.41) is 4.40. The van der Waals surface area contributed by atoms with Crippen molar-refractivity contribution < 1.29 is 4.39 Å². The van der Waals surface area contributed by atoms with Gasteiger partial charge in [0.25, 0.3) is 0 Å². The Bertz CT molecular complexity index is 685. The van der Waals surface area contributed by atoms with Crippen LogP contribution in [-0.4, -0.2) is 35.1 Å². The monoisotopic (exact) mass is 315 g/mol. The van der Waals surface area contributed by atoms with Crippen molar-refractivity contribution in [2.24, 2.45) is 5.92 Å². The van der Waals surface area contributed by atoms with Gasteiger partial charge in [-0.25, -0.2) is 4.39 Å². The minimum Gasteiger partial charge on any atom is -0.311 e. The molecule has 4 heteroatoms. The van der Waals surface area contributed by atoms with E-state index in [4.69, 9.17) is 4.98 Å². The Kier molecular flexibility index (Phi) is 4.64. The summed E-state index contributed by atoms with van der Waals surface area (Å²) in [6.07, 6.45) is 0. The van der Waals surface area contributed by atoms with Crippen LogP contribution in [-0.2, 0) is 0 Å². The molecule has 124 valence electrons. The number of benzene rings is 1. The van der Waals surface area contributed by atoms with Crippen LogP contribution in [0.5, 0.6) is 0 Å². The number of nitrogens with zero attached hydrogens (tertiary/aromatic N) is 2. The van der Waals surface area contributed by atoms with Crippen molar-refractivity contribution in [2.45, 2.75) is 45.8 Å². The predicted molar refractivity (Wildman–Crippen MR) is 92.9 cm³/mol. The van der Waals surface area contributed by atoms with Crippen molar-refractivity contribution in [3.05, 3.63) is 41.8 Å². The number of rotatable bonds is 3. The average Bonchev–Trinajstić information content (AvgIpc) is 2.50. The number of nitrogens with one attached hydrogen (secondary N) is 1. The van der Waals surface area contributed by atoms with E-state index in [1.165, 1.54) is 6.07 Å². The summed E-state index contributed by atoms with van der Waals surface area (Å²) in [4.78, 5) is 7.40. The molecule has 1 aliphatic heterocycles. The zero-order valence-corrected chi connectivity index (χ0v) is 14.4. The number of hydrogen-bond acceptors (Lipinski definition) is 3. The van der Waals surface area contributed by atoms with Gasteiger partial charge in [-0.05, 0) is 44.0 Å². The van der Waals surface area contributed by atoms with Crippen LogP contribution in [0.3, 0.4) is 0 Å². The number of fused-ring (bicyclic) bond motifs is 1. The van der Waals surface area contributed by atoms with Crippen LogP contribution in [0.1, 0.15) is 39.4 Å². The van der Waals surface area contributed by atoms with E-state index in [0.29, 0.717) is 18.0 Å². The van der Waals surface area contributed by atoms with Gasteiger partial charge in [-0.1, -0.05) is 19.9 Å². The fourth-order valence-corrected chi connectivity index (χ4v) is 3.61. The van der Waals surface area contributed by atoms with Crippen LogP contribution >= 0.6 is 0 Å². The highest BCUT2D eigenvalue weighted by molar-refractivity contribution is 5.78. The second-order valence-corrected chi connectivity index (χ2v) is 7.12. The van der Waals surface area contributed by atoms with Gasteiger partial charge in [0.2, 0.25) is 0 Å². The van der Waals surface area contributed by atoms with Gasteiger partial charge >= 0.3 is 0 Å². The van der Waals surface area contributed by atoms with Crippen molar-refractivity contribution in [1.29, 1.82) is 0 Å². The summed E-state index contributed by atoms with van der Waals surface area (Å²) in [5.74, 6) is 0.255. The summed E-state index contributed by atoms with van der Waals surface area (Å²) in [6.45, 7) is 11.0. The van der Waals surface area contributed by atoms with E-state index in [9.17, 15) is 4.39 Å². The molecule has 1 fully saturated rings. The number of pyridine rings is 1. The number of aromatic nitrogens is 1. The van der Waals surface area contributed by atoms with Crippen LogP contribution in [0.2, 0.25) is 0 Å². The molecule has 1 saturated heterocycles. The number of piperazine rings is 1. The van der Waals surface area contributed by atoms with Gasteiger partial charge < -0.3 is 5.32 Å². The molecule has 0 spiro atoms. The van der Waals surface area contributed by atoms with E-state index >= 15 is 0 Å². The Morgan fingerprint density at radius 1 is 1.22 bits per heavy atom. The zero-order valence-electron chi connectivity index (χ0n) is 14.4. The molecule has 3 atom stereocenters. The third-order valence-electron chi connectivity index (χ3n) is 4.78. The van der Waals surface area contributed by atoms with E-state index in [1.807, 2.05) is 6.07 Å². The maximum atomic E-state index is 13.4. The fourth-order valence-electron chi connectivity index (χ4n) is 3.61. The van der Waals surface area contributed by atoms with Crippen molar-refractivity contribution >= 4 is 10.9 Å². The molecule has 1 unspecified atom stereocenters. The van der Waals surface area contributed by atoms with Crippen LogP contribution in [0.4, 0.5) is 4.39 Å². The first-order valence-corrected chi connectivity index (χ1v) is 8.51. The first-order valence-electron chi connectivity index (χ1n) is 8.51. The normalized spacial score (nSPS) is 24.3. The highest BCUT2D eigenvalue weighted by Gasteiger charge is 2.32. The Labute approximate surface area is 137 Å². The first-order chi connectivity index (χ1) is 11.0. The Balaban J connectivity index is 1.99. The lowest BCUT2D eigenvalue weighted by Crippen LogP contribution is -2.56. The molecule has 23 heavy (non-hydrogen) atoms. The molecule has 1 aromatic heterocycles. The van der Waals surface area contributed by atoms with Gasteiger partial charge in [0.15, 0.2) is 0 Å². The summed E-state index contributed by atoms with van der Waals surface area (Å²) in [5.41, 5.74) is 1.95. The van der Waals surface area contributed by atoms with Crippen molar-refractivity contribution in [1.82, 2.24) is 15.2 Å². The summed E-state index contributed by atoms with van der Waals surface area (Å²) >= 11 is 0. The molecule has 0 amide bonds. The lowest BCUT2D eigenvalue weighted by molar-refractivity contribution is 0.0676. The second kappa shape index (κ2) is 6.54. The molecule has 1 aromatic carbocycles. The Morgan fingerprint density at radius 3 is 2.74 bits per heavy atom. The maximum absolute atomic E-state index is 13.4. The molecule has 3 nitrogen and oxygen atoms in total. The average molecular weight is 315 g/mol. The standard InChI is InChI=1S/C19H26FN3/c1-12(2)19(23-11-13(3)21-10-14(23)4)18-7-5-15-9-16(20)6-8-17(15)22-18/h5-9,12-14,19,21H,10-11H2,1-4H3/t13-,14+,19?/m0/s1. The summed E-state index contributed by atoms with van der Waals surface area (Å²) < 4.78 is 13.4. The highest BCUT2D eigenvalue weighted by Crippen LogP contribution is 2.31. The zero-order chi connectivity index (χ0) is 16.6. The lowest BCUT2D eigenvalue weighted by Gasteiger charge is -2.44. The SMILES string of the molecule is CC(C)C(c1ccc2cc(F)ccc2n1)N1C[C@H](C)NC[C@H]1C. The largest absolute Gasteiger partial charge is 0.311 e. The van der Waals surface area contributed by atoms with Gasteiger partial charge in [-0.15, -0.1) is 0 Å². The van der Waals surface area contributed by atoms with Crippen LogP contribution in [0.25, 0.3) is 10.9 Å². The summed E-state index contributed by atoms with van der Waals surface area (Å²) in [6, 6.07) is 10.1. The van der Waals surface area contributed by atoms with E-state index < -0.39 is 0 Å². The molecule has 2 aromatic rings.